The molecule has 3 atom stereocenters. The van der Waals surface area contributed by atoms with E-state index in [9.17, 15) is 13.2 Å². The lowest BCUT2D eigenvalue weighted by Gasteiger charge is -2.33. The van der Waals surface area contributed by atoms with Gasteiger partial charge >= 0.3 is 6.18 Å². The normalized spacial score (nSPS) is 28.2. The zero-order chi connectivity index (χ0) is 14.0. The number of hydrogen-bond donors (Lipinski definition) is 1. The molecular formula is C15H20F3N. The van der Waals surface area contributed by atoms with Gasteiger partial charge in [-0.05, 0) is 55.4 Å². The van der Waals surface area contributed by atoms with Crippen molar-refractivity contribution in [3.63, 3.8) is 0 Å². The Labute approximate surface area is 112 Å². The first kappa shape index (κ1) is 14.2. The van der Waals surface area contributed by atoms with Crippen LogP contribution in [0.4, 0.5) is 18.9 Å². The molecule has 3 unspecified atom stereocenters. The number of halogens is 3. The van der Waals surface area contributed by atoms with E-state index in [1.807, 2.05) is 0 Å². The molecule has 0 aromatic heterocycles. The Hall–Kier alpha value is -1.19. The third-order valence-electron chi connectivity index (χ3n) is 4.00. The maximum atomic E-state index is 12.5. The van der Waals surface area contributed by atoms with Gasteiger partial charge in [0.05, 0.1) is 5.56 Å². The summed E-state index contributed by atoms with van der Waals surface area (Å²) in [7, 11) is 0. The molecule has 0 radical (unpaired) electrons. The maximum Gasteiger partial charge on any atom is 0.416 e. The summed E-state index contributed by atoms with van der Waals surface area (Å²) < 4.78 is 37.4. The van der Waals surface area contributed by atoms with Crippen molar-refractivity contribution in [3.05, 3.63) is 29.8 Å². The van der Waals surface area contributed by atoms with Crippen molar-refractivity contribution in [1.29, 1.82) is 0 Å². The fourth-order valence-corrected chi connectivity index (χ4v) is 2.85. The standard InChI is InChI=1S/C15H20F3N/c1-10-3-8-14(11(2)9-10)19-13-6-4-12(5-7-13)15(16,17)18/h4-7,10-11,14,19H,3,8-9H2,1-2H3. The topological polar surface area (TPSA) is 12.0 Å². The van der Waals surface area contributed by atoms with Gasteiger partial charge in [-0.3, -0.25) is 0 Å². The van der Waals surface area contributed by atoms with E-state index in [0.29, 0.717) is 12.0 Å². The molecule has 0 heterocycles. The van der Waals surface area contributed by atoms with Gasteiger partial charge < -0.3 is 5.32 Å². The fraction of sp³-hybridized carbons (Fsp3) is 0.600. The van der Waals surface area contributed by atoms with E-state index < -0.39 is 11.7 Å². The summed E-state index contributed by atoms with van der Waals surface area (Å²) in [6, 6.07) is 5.69. The van der Waals surface area contributed by atoms with Crippen LogP contribution in [0.5, 0.6) is 0 Å². The predicted molar refractivity (Wildman–Crippen MR) is 71.0 cm³/mol. The van der Waals surface area contributed by atoms with Crippen molar-refractivity contribution in [2.24, 2.45) is 11.8 Å². The van der Waals surface area contributed by atoms with Crippen LogP contribution >= 0.6 is 0 Å². The Bertz CT molecular complexity index is 410. The summed E-state index contributed by atoms with van der Waals surface area (Å²) in [6.07, 6.45) is -0.809. The molecule has 19 heavy (non-hydrogen) atoms. The lowest BCUT2D eigenvalue weighted by molar-refractivity contribution is -0.137. The van der Waals surface area contributed by atoms with E-state index in [1.54, 1.807) is 0 Å². The number of hydrogen-bond acceptors (Lipinski definition) is 1. The summed E-state index contributed by atoms with van der Waals surface area (Å²) in [5, 5.41) is 3.36. The van der Waals surface area contributed by atoms with Crippen molar-refractivity contribution in [2.45, 2.75) is 45.3 Å². The van der Waals surface area contributed by atoms with Crippen LogP contribution in [0.15, 0.2) is 24.3 Å². The third-order valence-corrected chi connectivity index (χ3v) is 4.00. The fourth-order valence-electron chi connectivity index (χ4n) is 2.85. The van der Waals surface area contributed by atoms with Gasteiger partial charge in [-0.1, -0.05) is 13.8 Å². The van der Waals surface area contributed by atoms with Crippen molar-refractivity contribution in [1.82, 2.24) is 0 Å². The van der Waals surface area contributed by atoms with Gasteiger partial charge in [0.25, 0.3) is 0 Å². The zero-order valence-corrected chi connectivity index (χ0v) is 11.3. The van der Waals surface area contributed by atoms with Gasteiger partial charge in [-0.25, -0.2) is 0 Å². The molecule has 106 valence electrons. The highest BCUT2D eigenvalue weighted by atomic mass is 19.4. The largest absolute Gasteiger partial charge is 0.416 e. The Morgan fingerprint density at radius 2 is 1.68 bits per heavy atom. The highest BCUT2D eigenvalue weighted by Crippen LogP contribution is 2.32. The second kappa shape index (κ2) is 5.43. The number of benzene rings is 1. The average Bonchev–Trinajstić information content (AvgIpc) is 2.32. The molecule has 2 rings (SSSR count). The van der Waals surface area contributed by atoms with Crippen LogP contribution in [0.1, 0.15) is 38.7 Å². The van der Waals surface area contributed by atoms with Gasteiger partial charge in [-0.2, -0.15) is 13.2 Å². The molecule has 4 heteroatoms. The minimum Gasteiger partial charge on any atom is -0.382 e. The third kappa shape index (κ3) is 3.64. The summed E-state index contributed by atoms with van der Waals surface area (Å²) >= 11 is 0. The first-order valence-corrected chi connectivity index (χ1v) is 6.80. The summed E-state index contributed by atoms with van der Waals surface area (Å²) in [4.78, 5) is 0. The van der Waals surface area contributed by atoms with Crippen LogP contribution in [-0.4, -0.2) is 6.04 Å². The molecular weight excluding hydrogens is 251 g/mol. The molecule has 0 spiro atoms. The van der Waals surface area contributed by atoms with Crippen molar-refractivity contribution in [3.8, 4) is 0 Å². The molecule has 1 aromatic rings. The number of nitrogens with one attached hydrogen (secondary N) is 1. The number of alkyl halides is 3. The maximum absolute atomic E-state index is 12.5. The average molecular weight is 271 g/mol. The highest BCUT2D eigenvalue weighted by molar-refractivity contribution is 5.46. The second-order valence-electron chi connectivity index (χ2n) is 5.72. The highest BCUT2D eigenvalue weighted by Gasteiger charge is 2.30. The molecule has 0 bridgehead atoms. The molecule has 0 saturated heterocycles. The molecule has 0 aliphatic heterocycles. The molecule has 1 saturated carbocycles. The van der Waals surface area contributed by atoms with E-state index in [-0.39, 0.29) is 0 Å². The van der Waals surface area contributed by atoms with E-state index >= 15 is 0 Å². The number of anilines is 1. The summed E-state index contributed by atoms with van der Waals surface area (Å²) in [5.74, 6) is 1.31. The Kier molecular flexibility index (Phi) is 4.07. The molecule has 1 aliphatic rings. The Morgan fingerprint density at radius 3 is 2.21 bits per heavy atom. The van der Waals surface area contributed by atoms with Gasteiger partial charge in [0, 0.05) is 11.7 Å². The van der Waals surface area contributed by atoms with E-state index in [4.69, 9.17) is 0 Å². The number of rotatable bonds is 2. The lowest BCUT2D eigenvalue weighted by Crippen LogP contribution is -2.32. The Morgan fingerprint density at radius 1 is 1.05 bits per heavy atom. The SMILES string of the molecule is CC1CCC(Nc2ccc(C(F)(F)F)cc2)C(C)C1. The smallest absolute Gasteiger partial charge is 0.382 e. The van der Waals surface area contributed by atoms with Crippen molar-refractivity contribution >= 4 is 5.69 Å². The molecule has 1 aliphatic carbocycles. The van der Waals surface area contributed by atoms with Crippen LogP contribution in [0.25, 0.3) is 0 Å². The van der Waals surface area contributed by atoms with Gasteiger partial charge in [0.2, 0.25) is 0 Å². The first-order valence-electron chi connectivity index (χ1n) is 6.80. The van der Waals surface area contributed by atoms with E-state index in [1.165, 1.54) is 25.0 Å². The molecule has 0 amide bonds. The first-order chi connectivity index (χ1) is 8.86. The van der Waals surface area contributed by atoms with Gasteiger partial charge in [0.15, 0.2) is 0 Å². The summed E-state index contributed by atoms with van der Waals surface area (Å²) in [6.45, 7) is 4.46. The molecule has 1 N–H and O–H groups in total. The van der Waals surface area contributed by atoms with Crippen LogP contribution in [0.2, 0.25) is 0 Å². The minimum atomic E-state index is -4.26. The molecule has 1 aromatic carbocycles. The van der Waals surface area contributed by atoms with Crippen molar-refractivity contribution in [2.75, 3.05) is 5.32 Å². The lowest BCUT2D eigenvalue weighted by atomic mass is 9.80. The predicted octanol–water partition coefficient (Wildman–Crippen LogP) is 4.94. The minimum absolute atomic E-state index is 0.368. The van der Waals surface area contributed by atoms with Crippen LogP contribution in [-0.2, 0) is 6.18 Å². The van der Waals surface area contributed by atoms with Gasteiger partial charge in [-0.15, -0.1) is 0 Å². The quantitative estimate of drug-likeness (QED) is 0.803. The van der Waals surface area contributed by atoms with E-state index in [0.717, 1.165) is 30.2 Å². The summed E-state index contributed by atoms with van der Waals surface area (Å²) in [5.41, 5.74) is 0.183. The van der Waals surface area contributed by atoms with Crippen LogP contribution in [0.3, 0.4) is 0 Å². The van der Waals surface area contributed by atoms with Crippen LogP contribution < -0.4 is 5.32 Å². The van der Waals surface area contributed by atoms with E-state index in [2.05, 4.69) is 19.2 Å². The monoisotopic (exact) mass is 271 g/mol. The Balaban J connectivity index is 2.00. The molecule has 1 nitrogen and oxygen atoms in total. The molecule has 1 fully saturated rings. The second-order valence-corrected chi connectivity index (χ2v) is 5.72. The van der Waals surface area contributed by atoms with Gasteiger partial charge in [0.1, 0.15) is 0 Å². The van der Waals surface area contributed by atoms with Crippen molar-refractivity contribution < 1.29 is 13.2 Å². The van der Waals surface area contributed by atoms with Crippen LogP contribution in [0, 0.1) is 11.8 Å². The zero-order valence-electron chi connectivity index (χ0n) is 11.3.